The molecular formula is C11H13BrN2O. The highest BCUT2D eigenvalue weighted by molar-refractivity contribution is 9.10. The van der Waals surface area contributed by atoms with Gasteiger partial charge in [0.05, 0.1) is 6.54 Å². The number of hydrogen-bond acceptors (Lipinski definition) is 2. The van der Waals surface area contributed by atoms with Gasteiger partial charge in [-0.1, -0.05) is 15.9 Å². The molecule has 15 heavy (non-hydrogen) atoms. The molecule has 1 aromatic rings. The van der Waals surface area contributed by atoms with Crippen molar-refractivity contribution in [2.75, 3.05) is 31.6 Å². The van der Waals surface area contributed by atoms with Crippen LogP contribution in [0.5, 0.6) is 0 Å². The molecule has 0 aliphatic carbocycles. The maximum atomic E-state index is 11.5. The number of benzene rings is 1. The molecule has 2 rings (SSSR count). The van der Waals surface area contributed by atoms with Gasteiger partial charge in [-0.25, -0.2) is 0 Å². The van der Waals surface area contributed by atoms with Crippen molar-refractivity contribution < 1.29 is 4.79 Å². The first kappa shape index (κ1) is 10.5. The number of hydrogen-bond donors (Lipinski definition) is 0. The Kier molecular flexibility index (Phi) is 2.95. The fraction of sp³-hybridized carbons (Fsp3) is 0.364. The van der Waals surface area contributed by atoms with Crippen molar-refractivity contribution >= 4 is 27.5 Å². The number of carbonyl (C=O) groups is 1. The van der Waals surface area contributed by atoms with E-state index in [1.165, 1.54) is 0 Å². The molecular weight excluding hydrogens is 256 g/mol. The van der Waals surface area contributed by atoms with Gasteiger partial charge in [0.1, 0.15) is 0 Å². The van der Waals surface area contributed by atoms with E-state index in [-0.39, 0.29) is 5.91 Å². The molecule has 4 heteroatoms. The maximum absolute atomic E-state index is 11.5. The summed E-state index contributed by atoms with van der Waals surface area (Å²) in [5, 5.41) is 0. The van der Waals surface area contributed by atoms with E-state index < -0.39 is 0 Å². The molecule has 1 amide bonds. The molecule has 1 aliphatic heterocycles. The normalized spacial score (nSPS) is 17.1. The summed E-state index contributed by atoms with van der Waals surface area (Å²) in [4.78, 5) is 15.4. The molecule has 1 fully saturated rings. The van der Waals surface area contributed by atoms with Crippen LogP contribution in [0.25, 0.3) is 0 Å². The Bertz CT molecular complexity index is 363. The Morgan fingerprint density at radius 1 is 1.20 bits per heavy atom. The molecule has 80 valence electrons. The van der Waals surface area contributed by atoms with Crippen molar-refractivity contribution in [3.05, 3.63) is 28.7 Å². The first-order valence-corrected chi connectivity index (χ1v) is 5.70. The van der Waals surface area contributed by atoms with E-state index in [4.69, 9.17) is 0 Å². The fourth-order valence-electron chi connectivity index (χ4n) is 1.63. The minimum absolute atomic E-state index is 0.184. The standard InChI is InChI=1S/C11H13BrN2O/c1-13-6-7-14(8-11(13)15)10-4-2-9(12)3-5-10/h2-5H,6-8H2,1H3. The van der Waals surface area contributed by atoms with Gasteiger partial charge < -0.3 is 9.80 Å². The third-order valence-corrected chi connectivity index (χ3v) is 3.18. The lowest BCUT2D eigenvalue weighted by atomic mass is 10.2. The largest absolute Gasteiger partial charge is 0.360 e. The van der Waals surface area contributed by atoms with Crippen LogP contribution in [-0.2, 0) is 4.79 Å². The lowest BCUT2D eigenvalue weighted by Gasteiger charge is -2.33. The van der Waals surface area contributed by atoms with Crippen LogP contribution >= 0.6 is 15.9 Å². The smallest absolute Gasteiger partial charge is 0.241 e. The van der Waals surface area contributed by atoms with Gasteiger partial charge in [0.25, 0.3) is 0 Å². The molecule has 0 atom stereocenters. The fourth-order valence-corrected chi connectivity index (χ4v) is 1.90. The van der Waals surface area contributed by atoms with Crippen LogP contribution in [-0.4, -0.2) is 37.5 Å². The van der Waals surface area contributed by atoms with Crippen molar-refractivity contribution in [1.82, 2.24) is 4.90 Å². The van der Waals surface area contributed by atoms with Crippen molar-refractivity contribution in [2.45, 2.75) is 0 Å². The van der Waals surface area contributed by atoms with Crippen LogP contribution in [0.15, 0.2) is 28.7 Å². The summed E-state index contributed by atoms with van der Waals surface area (Å²) in [6, 6.07) is 8.06. The average Bonchev–Trinajstić information content (AvgIpc) is 2.23. The van der Waals surface area contributed by atoms with Gasteiger partial charge in [0.15, 0.2) is 0 Å². The minimum Gasteiger partial charge on any atom is -0.360 e. The highest BCUT2D eigenvalue weighted by Gasteiger charge is 2.20. The summed E-state index contributed by atoms with van der Waals surface area (Å²) in [6.07, 6.45) is 0. The number of anilines is 1. The quantitative estimate of drug-likeness (QED) is 0.775. The number of likely N-dealkylation sites (N-methyl/N-ethyl adjacent to an activating group) is 1. The predicted molar refractivity (Wildman–Crippen MR) is 64.0 cm³/mol. The topological polar surface area (TPSA) is 23.6 Å². The van der Waals surface area contributed by atoms with Crippen molar-refractivity contribution in [2.24, 2.45) is 0 Å². The van der Waals surface area contributed by atoms with Crippen LogP contribution in [0.3, 0.4) is 0 Å². The van der Waals surface area contributed by atoms with Gasteiger partial charge in [-0.15, -0.1) is 0 Å². The Labute approximate surface area is 97.8 Å². The zero-order valence-electron chi connectivity index (χ0n) is 8.61. The van der Waals surface area contributed by atoms with E-state index in [1.807, 2.05) is 31.3 Å². The molecule has 0 N–H and O–H groups in total. The van der Waals surface area contributed by atoms with Crippen LogP contribution in [0.2, 0.25) is 0 Å². The molecule has 3 nitrogen and oxygen atoms in total. The van der Waals surface area contributed by atoms with Gasteiger partial charge in [0, 0.05) is 30.3 Å². The van der Waals surface area contributed by atoms with Crippen LogP contribution < -0.4 is 4.90 Å². The second-order valence-electron chi connectivity index (χ2n) is 3.71. The van der Waals surface area contributed by atoms with Crippen LogP contribution in [0, 0.1) is 0 Å². The SMILES string of the molecule is CN1CCN(c2ccc(Br)cc2)CC1=O. The summed E-state index contributed by atoms with van der Waals surface area (Å²) in [5.74, 6) is 0.184. The van der Waals surface area contributed by atoms with Gasteiger partial charge in [-0.2, -0.15) is 0 Å². The summed E-state index contributed by atoms with van der Waals surface area (Å²) in [5.41, 5.74) is 1.11. The first-order valence-electron chi connectivity index (χ1n) is 4.91. The van der Waals surface area contributed by atoms with Gasteiger partial charge >= 0.3 is 0 Å². The number of carbonyl (C=O) groups excluding carboxylic acids is 1. The number of halogens is 1. The molecule has 0 bridgehead atoms. The van der Waals surface area contributed by atoms with E-state index >= 15 is 0 Å². The molecule has 0 unspecified atom stereocenters. The van der Waals surface area contributed by atoms with Gasteiger partial charge in [-0.3, -0.25) is 4.79 Å². The molecule has 0 spiro atoms. The number of amides is 1. The average molecular weight is 269 g/mol. The third-order valence-electron chi connectivity index (χ3n) is 2.65. The molecule has 1 aliphatic rings. The van der Waals surface area contributed by atoms with E-state index in [0.717, 1.165) is 23.2 Å². The van der Waals surface area contributed by atoms with E-state index in [2.05, 4.69) is 20.8 Å². The van der Waals surface area contributed by atoms with E-state index in [1.54, 1.807) is 4.90 Å². The van der Waals surface area contributed by atoms with Crippen LogP contribution in [0.4, 0.5) is 5.69 Å². The molecule has 1 heterocycles. The molecule has 0 aromatic heterocycles. The summed E-state index contributed by atoms with van der Waals surface area (Å²) < 4.78 is 1.06. The highest BCUT2D eigenvalue weighted by atomic mass is 79.9. The second kappa shape index (κ2) is 4.23. The van der Waals surface area contributed by atoms with Gasteiger partial charge in [0.2, 0.25) is 5.91 Å². The van der Waals surface area contributed by atoms with Crippen LogP contribution in [0.1, 0.15) is 0 Å². The molecule has 0 saturated carbocycles. The summed E-state index contributed by atoms with van der Waals surface area (Å²) in [7, 11) is 1.85. The van der Waals surface area contributed by atoms with E-state index in [9.17, 15) is 4.79 Å². The number of piperazine rings is 1. The monoisotopic (exact) mass is 268 g/mol. The maximum Gasteiger partial charge on any atom is 0.241 e. The minimum atomic E-state index is 0.184. The van der Waals surface area contributed by atoms with Crippen molar-refractivity contribution in [1.29, 1.82) is 0 Å². The van der Waals surface area contributed by atoms with Gasteiger partial charge in [-0.05, 0) is 24.3 Å². The number of rotatable bonds is 1. The van der Waals surface area contributed by atoms with Crippen molar-refractivity contribution in [3.8, 4) is 0 Å². The highest BCUT2D eigenvalue weighted by Crippen LogP contribution is 2.19. The molecule has 1 saturated heterocycles. The Morgan fingerprint density at radius 2 is 1.87 bits per heavy atom. The zero-order valence-corrected chi connectivity index (χ0v) is 10.2. The first-order chi connectivity index (χ1) is 7.16. The Balaban J connectivity index is 2.12. The Morgan fingerprint density at radius 3 is 2.47 bits per heavy atom. The zero-order chi connectivity index (χ0) is 10.8. The second-order valence-corrected chi connectivity index (χ2v) is 4.63. The summed E-state index contributed by atoms with van der Waals surface area (Å²) in [6.45, 7) is 2.19. The van der Waals surface area contributed by atoms with E-state index in [0.29, 0.717) is 6.54 Å². The molecule has 0 radical (unpaired) electrons. The van der Waals surface area contributed by atoms with Crippen molar-refractivity contribution in [3.63, 3.8) is 0 Å². The predicted octanol–water partition coefficient (Wildman–Crippen LogP) is 1.73. The molecule has 1 aromatic carbocycles. The Hall–Kier alpha value is -1.03. The summed E-state index contributed by atoms with van der Waals surface area (Å²) >= 11 is 3.40. The third kappa shape index (κ3) is 2.31. The lowest BCUT2D eigenvalue weighted by Crippen LogP contribution is -2.48. The lowest BCUT2D eigenvalue weighted by molar-refractivity contribution is -0.129. The number of nitrogens with zero attached hydrogens (tertiary/aromatic N) is 2.